The number of aryl methyl sites for hydroxylation is 1. The van der Waals surface area contributed by atoms with Crippen LogP contribution in [-0.4, -0.2) is 61.4 Å². The summed E-state index contributed by atoms with van der Waals surface area (Å²) in [6, 6.07) is 24.1. The average molecular weight is 641 g/mol. The normalized spacial score (nSPS) is 18.7. The van der Waals surface area contributed by atoms with E-state index in [1.54, 1.807) is 4.90 Å². The molecule has 0 radical (unpaired) electrons. The van der Waals surface area contributed by atoms with E-state index in [9.17, 15) is 14.4 Å². The monoisotopic (exact) mass is 640 g/mol. The number of ether oxygens (including phenoxy) is 1. The zero-order valence-electron chi connectivity index (χ0n) is 26.8. The first-order valence-corrected chi connectivity index (χ1v) is 16.5. The number of hydrogen-bond donors (Lipinski definition) is 1. The van der Waals surface area contributed by atoms with Gasteiger partial charge in [0, 0.05) is 55.3 Å². The van der Waals surface area contributed by atoms with E-state index in [4.69, 9.17) is 4.74 Å². The lowest BCUT2D eigenvalue weighted by Crippen LogP contribution is -2.52. The molecular formula is C38H36N6O4. The molecule has 3 amide bonds. The van der Waals surface area contributed by atoms with Gasteiger partial charge in [0.05, 0.1) is 11.7 Å². The first kappa shape index (κ1) is 30.0. The third kappa shape index (κ3) is 5.84. The number of fused-ring (bicyclic) bond motifs is 2. The van der Waals surface area contributed by atoms with Gasteiger partial charge in [-0.15, -0.1) is 0 Å². The number of nitrogens with one attached hydrogen (secondary N) is 1. The molecule has 10 nitrogen and oxygen atoms in total. The molecule has 3 aliphatic heterocycles. The number of hydrogen-bond acceptors (Lipinski definition) is 7. The van der Waals surface area contributed by atoms with Crippen molar-refractivity contribution in [3.05, 3.63) is 107 Å². The fourth-order valence-corrected chi connectivity index (χ4v) is 7.27. The minimum Gasteiger partial charge on any atom is -0.439 e. The molecule has 0 saturated carbocycles. The Morgan fingerprint density at radius 3 is 2.46 bits per heavy atom. The number of benzene rings is 3. The van der Waals surface area contributed by atoms with Crippen LogP contribution in [0, 0.1) is 0 Å². The van der Waals surface area contributed by atoms with Gasteiger partial charge in [-0.3, -0.25) is 29.3 Å². The summed E-state index contributed by atoms with van der Waals surface area (Å²) >= 11 is 0. The van der Waals surface area contributed by atoms with Gasteiger partial charge in [-0.1, -0.05) is 36.4 Å². The Balaban J connectivity index is 0.843. The van der Waals surface area contributed by atoms with Gasteiger partial charge in [-0.05, 0) is 90.9 Å². The molecule has 0 spiro atoms. The van der Waals surface area contributed by atoms with Crippen LogP contribution in [0.15, 0.2) is 85.2 Å². The average Bonchev–Trinajstić information content (AvgIpc) is 3.64. The van der Waals surface area contributed by atoms with Gasteiger partial charge in [-0.2, -0.15) is 5.10 Å². The molecule has 0 bridgehead atoms. The molecule has 1 atom stereocenters. The van der Waals surface area contributed by atoms with Crippen LogP contribution < -0.4 is 10.1 Å². The van der Waals surface area contributed by atoms with Gasteiger partial charge in [0.25, 0.3) is 5.91 Å². The Morgan fingerprint density at radius 1 is 0.875 bits per heavy atom. The van der Waals surface area contributed by atoms with E-state index in [0.717, 1.165) is 65.8 Å². The molecule has 0 aliphatic carbocycles. The Bertz CT molecular complexity index is 2030. The fraction of sp³-hybridized carbons (Fsp3) is 0.289. The summed E-state index contributed by atoms with van der Waals surface area (Å²) in [5.74, 6) is 0.946. The first-order chi connectivity index (χ1) is 23.4. The van der Waals surface area contributed by atoms with Crippen molar-refractivity contribution in [1.29, 1.82) is 0 Å². The fourth-order valence-electron chi connectivity index (χ4n) is 7.27. The highest BCUT2D eigenvalue weighted by molar-refractivity contribution is 6.05. The highest BCUT2D eigenvalue weighted by Gasteiger charge is 2.39. The molecule has 5 heterocycles. The minimum absolute atomic E-state index is 0.121. The number of amides is 3. The summed E-state index contributed by atoms with van der Waals surface area (Å²) in [5, 5.41) is 7.69. The Hall–Kier alpha value is -5.35. The molecule has 5 aromatic rings. The van der Waals surface area contributed by atoms with Crippen LogP contribution >= 0.6 is 0 Å². The molecule has 48 heavy (non-hydrogen) atoms. The second kappa shape index (κ2) is 12.4. The van der Waals surface area contributed by atoms with E-state index in [1.807, 2.05) is 60.5 Å². The van der Waals surface area contributed by atoms with Crippen molar-refractivity contribution < 1.29 is 19.1 Å². The lowest BCUT2D eigenvalue weighted by Gasteiger charge is -2.32. The van der Waals surface area contributed by atoms with E-state index >= 15 is 0 Å². The van der Waals surface area contributed by atoms with E-state index in [1.165, 1.54) is 11.1 Å². The summed E-state index contributed by atoms with van der Waals surface area (Å²) in [5.41, 5.74) is 7.38. The summed E-state index contributed by atoms with van der Waals surface area (Å²) in [4.78, 5) is 45.7. The van der Waals surface area contributed by atoms with Crippen molar-refractivity contribution in [2.45, 2.75) is 50.7 Å². The second-order valence-corrected chi connectivity index (χ2v) is 13.0. The van der Waals surface area contributed by atoms with Gasteiger partial charge >= 0.3 is 0 Å². The van der Waals surface area contributed by atoms with Gasteiger partial charge in [0.1, 0.15) is 11.8 Å². The van der Waals surface area contributed by atoms with Crippen LogP contribution in [0.4, 0.5) is 0 Å². The second-order valence-electron chi connectivity index (χ2n) is 13.0. The van der Waals surface area contributed by atoms with Gasteiger partial charge in [0.15, 0.2) is 0 Å². The van der Waals surface area contributed by atoms with Gasteiger partial charge in [0.2, 0.25) is 17.7 Å². The van der Waals surface area contributed by atoms with Crippen molar-refractivity contribution in [2.24, 2.45) is 7.05 Å². The smallest absolute Gasteiger partial charge is 0.255 e. The molecule has 3 aliphatic rings. The Labute approximate surface area is 278 Å². The topological polar surface area (TPSA) is 110 Å². The Morgan fingerprint density at radius 2 is 1.69 bits per heavy atom. The zero-order chi connectivity index (χ0) is 32.8. The molecule has 1 unspecified atom stereocenters. The molecule has 242 valence electrons. The Kier molecular flexibility index (Phi) is 7.72. The van der Waals surface area contributed by atoms with Gasteiger partial charge in [-0.25, -0.2) is 4.98 Å². The number of likely N-dealkylation sites (tertiary alicyclic amines) is 1. The molecule has 3 aromatic carbocycles. The van der Waals surface area contributed by atoms with Crippen LogP contribution in [0.3, 0.4) is 0 Å². The first-order valence-electron chi connectivity index (χ1n) is 16.5. The number of aromatic nitrogens is 3. The number of pyridine rings is 1. The molecule has 2 aromatic heterocycles. The lowest BCUT2D eigenvalue weighted by atomic mass is 9.87. The van der Waals surface area contributed by atoms with Crippen LogP contribution in [0.1, 0.15) is 58.6 Å². The van der Waals surface area contributed by atoms with Crippen molar-refractivity contribution >= 4 is 28.6 Å². The van der Waals surface area contributed by atoms with Crippen molar-refractivity contribution in [3.63, 3.8) is 0 Å². The summed E-state index contributed by atoms with van der Waals surface area (Å²) < 4.78 is 7.83. The third-order valence-electron chi connectivity index (χ3n) is 9.98. The highest BCUT2D eigenvalue weighted by atomic mass is 16.5. The highest BCUT2D eigenvalue weighted by Crippen LogP contribution is 2.34. The summed E-state index contributed by atoms with van der Waals surface area (Å²) in [6.07, 6.45) is 6.42. The number of carbonyl (C=O) groups excluding carboxylic acids is 3. The number of carbonyl (C=O) groups is 3. The van der Waals surface area contributed by atoms with Gasteiger partial charge < -0.3 is 9.64 Å². The zero-order valence-corrected chi connectivity index (χ0v) is 26.8. The largest absolute Gasteiger partial charge is 0.439 e. The molecule has 2 saturated heterocycles. The van der Waals surface area contributed by atoms with Crippen LogP contribution in [0.25, 0.3) is 22.0 Å². The predicted octanol–water partition coefficient (Wildman–Crippen LogP) is 5.57. The van der Waals surface area contributed by atoms with Crippen LogP contribution in [0.5, 0.6) is 11.6 Å². The number of nitrogens with zero attached hydrogens (tertiary/aromatic N) is 5. The summed E-state index contributed by atoms with van der Waals surface area (Å²) in [7, 11) is 1.92. The molecule has 1 N–H and O–H groups in total. The van der Waals surface area contributed by atoms with Crippen LogP contribution in [-0.2, 0) is 29.7 Å². The van der Waals surface area contributed by atoms with E-state index in [2.05, 4.69) is 56.7 Å². The summed E-state index contributed by atoms with van der Waals surface area (Å²) in [6.45, 7) is 3.33. The number of piperidine rings is 2. The van der Waals surface area contributed by atoms with Crippen molar-refractivity contribution in [3.8, 4) is 22.8 Å². The van der Waals surface area contributed by atoms with Crippen molar-refractivity contribution in [1.82, 2.24) is 29.9 Å². The maximum absolute atomic E-state index is 13.1. The van der Waals surface area contributed by atoms with Crippen molar-refractivity contribution in [2.75, 3.05) is 13.1 Å². The van der Waals surface area contributed by atoms with Crippen LogP contribution in [0.2, 0.25) is 0 Å². The molecular weight excluding hydrogens is 604 g/mol. The number of imide groups is 1. The quantitative estimate of drug-likeness (QED) is 0.232. The standard InChI is InChI=1S/C38H36N6O4/c1-42-33-10-8-31(19-29(33)21-40-42)48-36-13-7-28(20-39-36)25-4-2-24(3-5-25)22-43-16-14-26(15-17-43)27-6-9-32-30(18-27)23-44(38(32)47)34-11-12-35(45)41-37(34)46/h2-10,13,18-21,26,34H,11-12,14-17,22-23H2,1H3,(H,41,45,46). The molecule has 10 heteroatoms. The maximum atomic E-state index is 13.1. The predicted molar refractivity (Wildman–Crippen MR) is 180 cm³/mol. The maximum Gasteiger partial charge on any atom is 0.255 e. The van der Waals surface area contributed by atoms with E-state index < -0.39 is 6.04 Å². The van der Waals surface area contributed by atoms with E-state index in [-0.39, 0.29) is 24.1 Å². The molecule has 8 rings (SSSR count). The minimum atomic E-state index is -0.583. The van der Waals surface area contributed by atoms with E-state index in [0.29, 0.717) is 30.3 Å². The molecule has 2 fully saturated rings. The third-order valence-corrected chi connectivity index (χ3v) is 9.98. The number of rotatable bonds is 7. The lowest BCUT2D eigenvalue weighted by molar-refractivity contribution is -0.136. The SMILES string of the molecule is Cn1ncc2cc(Oc3ccc(-c4ccc(CN5CCC(c6ccc7c(c6)CN(C6CCC(=O)NC6=O)C7=O)CC5)cc4)cn3)ccc21.